The predicted octanol–water partition coefficient (Wildman–Crippen LogP) is -0.810. The first kappa shape index (κ1) is 21.4. The van der Waals surface area contributed by atoms with Crippen molar-refractivity contribution in [3.05, 3.63) is 58.1 Å². The van der Waals surface area contributed by atoms with Crippen molar-refractivity contribution in [2.45, 2.75) is 37.3 Å². The summed E-state index contributed by atoms with van der Waals surface area (Å²) in [7, 11) is 0. The van der Waals surface area contributed by atoms with Gasteiger partial charge in [-0.15, -0.1) is 0 Å². The molecule has 2 aliphatic rings. The van der Waals surface area contributed by atoms with Crippen LogP contribution in [-0.4, -0.2) is 79.5 Å². The maximum atomic E-state index is 12.9. The van der Waals surface area contributed by atoms with Gasteiger partial charge in [-0.1, -0.05) is 24.3 Å². The number of phenols is 2. The molecule has 0 saturated carbocycles. The van der Waals surface area contributed by atoms with Gasteiger partial charge in [0.1, 0.15) is 35.9 Å². The molecule has 5 atom stereocenters. The Morgan fingerprint density at radius 3 is 2.13 bits per heavy atom. The first-order chi connectivity index (χ1) is 14.8. The minimum Gasteiger partial charge on any atom is -0.507 e. The van der Waals surface area contributed by atoms with Crippen LogP contribution < -0.4 is 0 Å². The van der Waals surface area contributed by atoms with Gasteiger partial charge in [0.15, 0.2) is 17.9 Å². The molecule has 2 aromatic carbocycles. The van der Waals surface area contributed by atoms with E-state index < -0.39 is 67.0 Å². The fraction of sp³-hybridized carbons (Fsp3) is 0.333. The van der Waals surface area contributed by atoms with Gasteiger partial charge in [0.25, 0.3) is 0 Å². The summed E-state index contributed by atoms with van der Waals surface area (Å²) < 4.78 is 10.6. The Kier molecular flexibility index (Phi) is 5.52. The summed E-state index contributed by atoms with van der Waals surface area (Å²) in [5.74, 6) is -2.37. The number of aromatic hydroxyl groups is 2. The molecule has 4 rings (SSSR count). The number of aliphatic hydroxyl groups excluding tert-OH is 4. The van der Waals surface area contributed by atoms with Gasteiger partial charge in [-0.05, 0) is 6.07 Å². The minimum absolute atomic E-state index is 0.0752. The number of benzene rings is 2. The van der Waals surface area contributed by atoms with Crippen LogP contribution in [-0.2, 0) is 16.1 Å². The number of carbonyl (C=O) groups is 2. The maximum absolute atomic E-state index is 12.9. The van der Waals surface area contributed by atoms with E-state index >= 15 is 0 Å². The van der Waals surface area contributed by atoms with E-state index in [0.29, 0.717) is 0 Å². The molecule has 1 aliphatic heterocycles. The third-order valence-electron chi connectivity index (χ3n) is 5.48. The Hall–Kier alpha value is -2.86. The minimum atomic E-state index is -1.67. The second-order valence-electron chi connectivity index (χ2n) is 7.37. The van der Waals surface area contributed by atoms with Crippen molar-refractivity contribution in [2.24, 2.45) is 0 Å². The molecule has 6 N–H and O–H groups in total. The molecule has 164 valence electrons. The highest BCUT2D eigenvalue weighted by atomic mass is 16.7. The smallest absolute Gasteiger partial charge is 0.198 e. The first-order valence-corrected chi connectivity index (χ1v) is 9.44. The average molecular weight is 432 g/mol. The lowest BCUT2D eigenvalue weighted by Crippen LogP contribution is -2.59. The Bertz CT molecular complexity index is 1050. The molecule has 0 spiro atoms. The molecular weight excluding hydrogens is 412 g/mol. The number of hydrogen-bond acceptors (Lipinski definition) is 10. The van der Waals surface area contributed by atoms with Crippen LogP contribution >= 0.6 is 0 Å². The van der Waals surface area contributed by atoms with E-state index in [4.69, 9.17) is 9.47 Å². The lowest BCUT2D eigenvalue weighted by Gasteiger charge is -2.39. The van der Waals surface area contributed by atoms with Crippen molar-refractivity contribution in [3.8, 4) is 11.5 Å². The van der Waals surface area contributed by atoms with Crippen LogP contribution in [0.25, 0.3) is 0 Å². The van der Waals surface area contributed by atoms with E-state index in [9.17, 15) is 40.2 Å². The van der Waals surface area contributed by atoms with Crippen LogP contribution in [0.3, 0.4) is 0 Å². The summed E-state index contributed by atoms with van der Waals surface area (Å²) >= 11 is 0. The molecule has 0 bridgehead atoms. The quantitative estimate of drug-likeness (QED) is 0.286. The molecule has 10 nitrogen and oxygen atoms in total. The van der Waals surface area contributed by atoms with Gasteiger partial charge >= 0.3 is 0 Å². The third kappa shape index (κ3) is 3.39. The molecule has 1 saturated heterocycles. The summed E-state index contributed by atoms with van der Waals surface area (Å²) in [6, 6.07) is 7.08. The Morgan fingerprint density at radius 2 is 1.52 bits per heavy atom. The van der Waals surface area contributed by atoms with Crippen molar-refractivity contribution in [1.29, 1.82) is 0 Å². The van der Waals surface area contributed by atoms with Crippen molar-refractivity contribution < 1.29 is 49.7 Å². The van der Waals surface area contributed by atoms with E-state index in [1.807, 2.05) is 0 Å². The molecule has 2 aromatic rings. The standard InChI is InChI=1S/C21H20O10/c22-6-12-18(27)19(28)20(29)21(31-12)30-7-8-5-11(23)13-14(15(8)24)17(26)10-4-2-1-3-9(10)16(13)25/h1-5,12,18-24,27-29H,6-7H2/t12-,18-,19+,20-,21-/m1/s1. The van der Waals surface area contributed by atoms with Crippen LogP contribution in [0.4, 0.5) is 0 Å². The molecule has 0 amide bonds. The summed E-state index contributed by atoms with van der Waals surface area (Å²) in [5.41, 5.74) is -0.565. The van der Waals surface area contributed by atoms with Gasteiger partial charge in [0.05, 0.1) is 24.3 Å². The zero-order valence-electron chi connectivity index (χ0n) is 16.0. The highest BCUT2D eigenvalue weighted by Gasteiger charge is 2.44. The predicted molar refractivity (Wildman–Crippen MR) is 102 cm³/mol. The summed E-state index contributed by atoms with van der Waals surface area (Å²) in [4.78, 5) is 25.6. The van der Waals surface area contributed by atoms with Crippen LogP contribution in [0.1, 0.15) is 37.4 Å². The summed E-state index contributed by atoms with van der Waals surface area (Å²) in [6.07, 6.45) is -7.56. The fourth-order valence-corrected chi connectivity index (χ4v) is 3.80. The Morgan fingerprint density at radius 1 is 0.903 bits per heavy atom. The van der Waals surface area contributed by atoms with Crippen LogP contribution in [0, 0.1) is 0 Å². The van der Waals surface area contributed by atoms with Crippen molar-refractivity contribution in [3.63, 3.8) is 0 Å². The van der Waals surface area contributed by atoms with Gasteiger partial charge < -0.3 is 40.1 Å². The van der Waals surface area contributed by atoms with E-state index in [0.717, 1.165) is 6.07 Å². The number of aliphatic hydroxyl groups is 4. The fourth-order valence-electron chi connectivity index (χ4n) is 3.80. The normalized spacial score (nSPS) is 27.7. The highest BCUT2D eigenvalue weighted by Crippen LogP contribution is 2.40. The Labute approximate surface area is 175 Å². The molecule has 1 fully saturated rings. The van der Waals surface area contributed by atoms with Crippen molar-refractivity contribution in [2.75, 3.05) is 6.61 Å². The number of fused-ring (bicyclic) bond motifs is 2. The third-order valence-corrected chi connectivity index (χ3v) is 5.48. The molecule has 1 aliphatic carbocycles. The monoisotopic (exact) mass is 432 g/mol. The Balaban J connectivity index is 1.64. The van der Waals surface area contributed by atoms with Crippen LogP contribution in [0.15, 0.2) is 30.3 Å². The highest BCUT2D eigenvalue weighted by molar-refractivity contribution is 6.30. The van der Waals surface area contributed by atoms with E-state index in [1.54, 1.807) is 12.1 Å². The van der Waals surface area contributed by atoms with Crippen molar-refractivity contribution >= 4 is 11.6 Å². The second-order valence-corrected chi connectivity index (χ2v) is 7.37. The van der Waals surface area contributed by atoms with E-state index in [1.165, 1.54) is 12.1 Å². The van der Waals surface area contributed by atoms with Gasteiger partial charge in [-0.2, -0.15) is 0 Å². The number of phenolic OH excluding ortho intramolecular Hbond substituents is 2. The van der Waals surface area contributed by atoms with Gasteiger partial charge in [-0.25, -0.2) is 0 Å². The number of hydrogen-bond donors (Lipinski definition) is 6. The SMILES string of the molecule is O=C1c2ccccc2C(=O)c2c(O)c(CO[C@@H]3O[C@H](CO)[C@@H](O)[C@H](O)[C@H]3O)cc(O)c21. The topological polar surface area (TPSA) is 174 Å². The second kappa shape index (κ2) is 8.00. The number of ketones is 2. The number of ether oxygens (including phenoxy) is 2. The molecule has 10 heteroatoms. The molecule has 1 heterocycles. The zero-order chi connectivity index (χ0) is 22.4. The average Bonchev–Trinajstić information content (AvgIpc) is 2.77. The van der Waals surface area contributed by atoms with Gasteiger partial charge in [-0.3, -0.25) is 9.59 Å². The molecule has 0 aromatic heterocycles. The number of rotatable bonds is 4. The van der Waals surface area contributed by atoms with E-state index in [2.05, 4.69) is 0 Å². The number of carbonyl (C=O) groups excluding carboxylic acids is 2. The molecule has 0 radical (unpaired) electrons. The molecule has 31 heavy (non-hydrogen) atoms. The molecular formula is C21H20O10. The largest absolute Gasteiger partial charge is 0.507 e. The summed E-state index contributed by atoms with van der Waals surface area (Å²) in [6.45, 7) is -1.13. The van der Waals surface area contributed by atoms with Gasteiger partial charge in [0, 0.05) is 16.7 Å². The maximum Gasteiger partial charge on any atom is 0.198 e. The van der Waals surface area contributed by atoms with Crippen LogP contribution in [0.2, 0.25) is 0 Å². The molecule has 0 unspecified atom stereocenters. The lowest BCUT2D eigenvalue weighted by molar-refractivity contribution is -0.304. The van der Waals surface area contributed by atoms with Crippen LogP contribution in [0.5, 0.6) is 11.5 Å². The van der Waals surface area contributed by atoms with Crippen molar-refractivity contribution in [1.82, 2.24) is 0 Å². The zero-order valence-corrected chi connectivity index (χ0v) is 16.0. The summed E-state index contributed by atoms with van der Waals surface area (Å²) in [5, 5.41) is 60.0. The first-order valence-electron chi connectivity index (χ1n) is 9.44. The van der Waals surface area contributed by atoms with E-state index in [-0.39, 0.29) is 27.8 Å². The van der Waals surface area contributed by atoms with Gasteiger partial charge in [0.2, 0.25) is 0 Å². The lowest BCUT2D eigenvalue weighted by atomic mass is 9.82.